The van der Waals surface area contributed by atoms with Gasteiger partial charge in [-0.1, -0.05) is 146 Å². The van der Waals surface area contributed by atoms with Gasteiger partial charge in [0, 0.05) is 63.6 Å². The molecule has 9 nitrogen and oxygen atoms in total. The van der Waals surface area contributed by atoms with Crippen LogP contribution in [0.1, 0.15) is 17.2 Å². The van der Waals surface area contributed by atoms with Crippen molar-refractivity contribution >= 4 is 124 Å². The molecule has 0 amide bonds. The third-order valence-electron chi connectivity index (χ3n) is 18.1. The molecule has 1 aliphatic carbocycles. The van der Waals surface area contributed by atoms with Gasteiger partial charge in [-0.15, -0.1) is 11.3 Å². The van der Waals surface area contributed by atoms with E-state index in [1.807, 2.05) is 59.9 Å². The molecule has 400 valence electrons. The maximum atomic E-state index is 6.92. The van der Waals surface area contributed by atoms with Gasteiger partial charge in [0.2, 0.25) is 11.9 Å². The highest BCUT2D eigenvalue weighted by molar-refractivity contribution is 7.25. The van der Waals surface area contributed by atoms with Crippen LogP contribution in [0.5, 0.6) is 17.2 Å². The van der Waals surface area contributed by atoms with Gasteiger partial charge in [0.25, 0.3) is 0 Å². The van der Waals surface area contributed by atoms with Crippen molar-refractivity contribution in [1.82, 2.24) is 29.1 Å². The minimum absolute atomic E-state index is 0.215. The van der Waals surface area contributed by atoms with Gasteiger partial charge in [0.1, 0.15) is 34.5 Å². The Bertz CT molecular complexity index is 5960. The van der Waals surface area contributed by atoms with Gasteiger partial charge < -0.3 is 13.9 Å². The van der Waals surface area contributed by atoms with E-state index in [2.05, 4.69) is 203 Å². The monoisotopic (exact) mass is 1120 g/mol. The molecule has 17 aromatic rings. The molecule has 3 aliphatic rings. The maximum absolute atomic E-state index is 6.92. The lowest BCUT2D eigenvalue weighted by atomic mass is 9.84. The van der Waals surface area contributed by atoms with Crippen molar-refractivity contribution in [2.45, 2.75) is 12.0 Å². The molecule has 0 bridgehead atoms. The molecule has 0 radical (unpaired) electrons. The average molecular weight is 1120 g/mol. The van der Waals surface area contributed by atoms with Crippen LogP contribution >= 0.6 is 11.3 Å². The van der Waals surface area contributed by atoms with E-state index < -0.39 is 0 Å². The van der Waals surface area contributed by atoms with Crippen LogP contribution in [-0.4, -0.2) is 35.2 Å². The fourth-order valence-corrected chi connectivity index (χ4v) is 15.3. The number of aromatic nitrogens is 6. The van der Waals surface area contributed by atoms with Crippen LogP contribution in [0.4, 0.5) is 0 Å². The van der Waals surface area contributed by atoms with Crippen molar-refractivity contribution < 1.29 is 13.9 Å². The number of benzene rings is 11. The molecule has 2 atom stereocenters. The molecule has 20 rings (SSSR count). The highest BCUT2D eigenvalue weighted by Gasteiger charge is 2.35. The van der Waals surface area contributed by atoms with E-state index in [4.69, 9.17) is 33.8 Å². The van der Waals surface area contributed by atoms with Crippen LogP contribution < -0.4 is 9.47 Å². The molecule has 0 saturated carbocycles. The summed E-state index contributed by atoms with van der Waals surface area (Å²) in [6.45, 7) is 0. The molecule has 0 fully saturated rings. The number of para-hydroxylation sites is 4. The predicted molar refractivity (Wildman–Crippen MR) is 349 cm³/mol. The fraction of sp³-hybridized carbons (Fsp3) is 0.0263. The molecule has 0 saturated heterocycles. The van der Waals surface area contributed by atoms with E-state index in [0.29, 0.717) is 11.9 Å². The Morgan fingerprint density at radius 2 is 0.988 bits per heavy atom. The lowest BCUT2D eigenvalue weighted by Crippen LogP contribution is -2.29. The SMILES string of the molecule is C1=CC2Oc3cccc4nc(-n5c6ccccc6c6ccc(-c7ccc8sc9ccccc9c8c7)cc65)nc(c34)C2C=C1c1cccc2c1oc1ccc(-c3ccc4c5ccccc5n(-c5nc6c7c(cccc7n5)Oc5ccccc5-6)c4c3)cc12. The largest absolute Gasteiger partial charge is 0.485 e. The summed E-state index contributed by atoms with van der Waals surface area (Å²) >= 11 is 1.84. The van der Waals surface area contributed by atoms with Crippen molar-refractivity contribution in [3.63, 3.8) is 0 Å². The first-order chi connectivity index (χ1) is 42.6. The number of furan rings is 1. The smallest absolute Gasteiger partial charge is 0.235 e. The Morgan fingerprint density at radius 1 is 0.407 bits per heavy atom. The summed E-state index contributed by atoms with van der Waals surface area (Å²) in [5, 5.41) is 11.1. The zero-order chi connectivity index (χ0) is 55.9. The quantitative estimate of drug-likeness (QED) is 0.169. The molecular weight excluding hydrogens is 1080 g/mol. The normalized spacial score (nSPS) is 15.2. The van der Waals surface area contributed by atoms with Gasteiger partial charge in [-0.3, -0.25) is 9.13 Å². The number of fused-ring (bicyclic) bond motifs is 16. The summed E-state index contributed by atoms with van der Waals surface area (Å²) in [5.41, 5.74) is 16.7. The van der Waals surface area contributed by atoms with Gasteiger partial charge >= 0.3 is 0 Å². The number of hydrogen-bond donors (Lipinski definition) is 0. The lowest BCUT2D eigenvalue weighted by molar-refractivity contribution is 0.225. The van der Waals surface area contributed by atoms with Gasteiger partial charge in [-0.2, -0.15) is 0 Å². The van der Waals surface area contributed by atoms with Crippen LogP contribution in [0, 0.1) is 0 Å². The highest BCUT2D eigenvalue weighted by atomic mass is 32.1. The van der Waals surface area contributed by atoms with Gasteiger partial charge in [-0.25, -0.2) is 19.9 Å². The topological polar surface area (TPSA) is 93.0 Å². The van der Waals surface area contributed by atoms with Crippen molar-refractivity contribution in [3.05, 3.63) is 254 Å². The van der Waals surface area contributed by atoms with E-state index in [-0.39, 0.29) is 12.0 Å². The summed E-state index contributed by atoms with van der Waals surface area (Å²) in [7, 11) is 0. The standard InChI is InChI=1S/C76H42N6O3S/c1-5-20-59-47(12-1)49-31-26-43(39-61(49)81(59)75-77-57-18-10-23-66-70(57)72(79-75)53-15-3-7-22-63(53)83-66)41-28-33-64-54(36-41)52-17-9-16-46(74(52)85-64)45-29-34-65-56(38-45)73-71-58(19-11-24-67(71)84-65)78-76(80-73)82-60-21-6-2-13-48(60)50-32-27-44(40-62(50)82)42-30-35-69-55(37-42)51-14-4-8-25-68(51)86-69/h1-40,56,65H. The Hall–Kier alpha value is -11.2. The maximum Gasteiger partial charge on any atom is 0.235 e. The Morgan fingerprint density at radius 3 is 1.78 bits per heavy atom. The second kappa shape index (κ2) is 17.2. The minimum Gasteiger partial charge on any atom is -0.485 e. The summed E-state index contributed by atoms with van der Waals surface area (Å²) in [5.74, 6) is 3.35. The van der Waals surface area contributed by atoms with Gasteiger partial charge in [0.15, 0.2) is 0 Å². The summed E-state index contributed by atoms with van der Waals surface area (Å²) in [6.07, 6.45) is 6.41. The molecule has 86 heavy (non-hydrogen) atoms. The van der Waals surface area contributed by atoms with Crippen molar-refractivity contribution in [2.24, 2.45) is 0 Å². The van der Waals surface area contributed by atoms with Crippen molar-refractivity contribution in [1.29, 1.82) is 0 Å². The molecular formula is C76H42N6O3S. The second-order valence-corrected chi connectivity index (χ2v) is 23.8. The zero-order valence-electron chi connectivity index (χ0n) is 45.6. The molecule has 2 aliphatic heterocycles. The molecule has 10 heteroatoms. The molecule has 11 aromatic carbocycles. The third-order valence-corrected chi connectivity index (χ3v) is 19.2. The first kappa shape index (κ1) is 46.3. The Kier molecular flexibility index (Phi) is 9.26. The fourth-order valence-electron chi connectivity index (χ4n) is 14.2. The molecule has 8 heterocycles. The van der Waals surface area contributed by atoms with Crippen molar-refractivity contribution in [3.8, 4) is 62.7 Å². The van der Waals surface area contributed by atoms with E-state index in [9.17, 15) is 0 Å². The van der Waals surface area contributed by atoms with Crippen molar-refractivity contribution in [2.75, 3.05) is 0 Å². The van der Waals surface area contributed by atoms with Crippen LogP contribution in [0.15, 0.2) is 247 Å². The summed E-state index contributed by atoms with van der Waals surface area (Å²) in [4.78, 5) is 21.6. The minimum atomic E-state index is -0.277. The second-order valence-electron chi connectivity index (χ2n) is 22.7. The summed E-state index contributed by atoms with van der Waals surface area (Å²) in [6, 6.07) is 79.5. The first-order valence-electron chi connectivity index (χ1n) is 29.0. The van der Waals surface area contributed by atoms with E-state index in [0.717, 1.165) is 149 Å². The van der Waals surface area contributed by atoms with Crippen LogP contribution in [-0.2, 0) is 0 Å². The van der Waals surface area contributed by atoms with Gasteiger partial charge in [0.05, 0.1) is 61.2 Å². The number of allylic oxidation sites excluding steroid dienone is 2. The lowest BCUT2D eigenvalue weighted by Gasteiger charge is -2.32. The van der Waals surface area contributed by atoms with Crippen LogP contribution in [0.25, 0.3) is 159 Å². The number of rotatable bonds is 5. The van der Waals surface area contributed by atoms with Crippen LogP contribution in [0.2, 0.25) is 0 Å². The average Bonchev–Trinajstić information content (AvgIpc) is 1.97. The number of ether oxygens (including phenoxy) is 2. The molecule has 2 unspecified atom stereocenters. The third kappa shape index (κ3) is 6.53. The van der Waals surface area contributed by atoms with Crippen LogP contribution in [0.3, 0.4) is 0 Å². The summed E-state index contributed by atoms with van der Waals surface area (Å²) < 4.78 is 27.2. The van der Waals surface area contributed by atoms with E-state index >= 15 is 0 Å². The number of hydrogen-bond acceptors (Lipinski definition) is 8. The molecule has 6 aromatic heterocycles. The Balaban J connectivity index is 0.698. The zero-order valence-corrected chi connectivity index (χ0v) is 46.4. The highest BCUT2D eigenvalue weighted by Crippen LogP contribution is 2.49. The molecule has 0 spiro atoms. The van der Waals surface area contributed by atoms with E-state index in [1.165, 1.54) is 25.7 Å². The predicted octanol–water partition coefficient (Wildman–Crippen LogP) is 19.6. The molecule has 0 N–H and O–H groups in total. The Labute approximate surface area is 493 Å². The number of nitrogens with zero attached hydrogens (tertiary/aromatic N) is 6. The number of thiophene rings is 1. The van der Waals surface area contributed by atoms with E-state index in [1.54, 1.807) is 0 Å². The van der Waals surface area contributed by atoms with Gasteiger partial charge in [-0.05, 0) is 125 Å². The first-order valence-corrected chi connectivity index (χ1v) is 29.8.